The van der Waals surface area contributed by atoms with Gasteiger partial charge in [0, 0.05) is 28.6 Å². The number of nitrogens with one attached hydrogen (secondary N) is 1. The van der Waals surface area contributed by atoms with Gasteiger partial charge in [0.2, 0.25) is 5.91 Å². The maximum absolute atomic E-state index is 12.0. The van der Waals surface area contributed by atoms with Gasteiger partial charge in [-0.25, -0.2) is 4.99 Å². The van der Waals surface area contributed by atoms with Crippen molar-refractivity contribution in [3.63, 3.8) is 0 Å². The number of carbonyl (C=O) groups excluding carboxylic acids is 2. The molecule has 2 amide bonds. The summed E-state index contributed by atoms with van der Waals surface area (Å²) in [5.41, 5.74) is 2.26. The van der Waals surface area contributed by atoms with Crippen LogP contribution in [0.15, 0.2) is 64.2 Å². The second-order valence-electron chi connectivity index (χ2n) is 7.00. The molecule has 0 saturated carbocycles. The van der Waals surface area contributed by atoms with Crippen LogP contribution in [0.5, 0.6) is 0 Å². The first-order valence-electron chi connectivity index (χ1n) is 8.10. The van der Waals surface area contributed by atoms with Crippen molar-refractivity contribution in [1.29, 1.82) is 0 Å². The number of nitrogens with zero attached hydrogens (tertiary/aromatic N) is 1. The van der Waals surface area contributed by atoms with Crippen LogP contribution >= 0.6 is 11.3 Å². The van der Waals surface area contributed by atoms with E-state index >= 15 is 0 Å². The minimum Gasteiger partial charge on any atom is -0.325 e. The summed E-state index contributed by atoms with van der Waals surface area (Å²) in [6.07, 6.45) is 10.5. The van der Waals surface area contributed by atoms with Gasteiger partial charge in [0.25, 0.3) is 5.91 Å². The Hall–Kier alpha value is -2.53. The van der Waals surface area contributed by atoms with Gasteiger partial charge in [0.05, 0.1) is 5.71 Å². The highest BCUT2D eigenvalue weighted by Gasteiger charge is 2.32. The van der Waals surface area contributed by atoms with Gasteiger partial charge in [-0.15, -0.1) is 11.3 Å². The Balaban J connectivity index is 1.81. The molecule has 2 heterocycles. The lowest BCUT2D eigenvalue weighted by molar-refractivity contribution is -0.116. The number of hydrogen-bond donors (Lipinski definition) is 1. The van der Waals surface area contributed by atoms with E-state index in [4.69, 9.17) is 0 Å². The highest BCUT2D eigenvalue weighted by Crippen LogP contribution is 2.38. The molecule has 1 N–H and O–H groups in total. The molecule has 0 aromatic carbocycles. The fourth-order valence-corrected chi connectivity index (χ4v) is 3.46. The fourth-order valence-electron chi connectivity index (χ4n) is 2.85. The Kier molecular flexibility index (Phi) is 4.68. The molecule has 1 unspecified atom stereocenters. The summed E-state index contributed by atoms with van der Waals surface area (Å²) in [5.74, 6) is -0.434. The van der Waals surface area contributed by atoms with Crippen LogP contribution in [0, 0.1) is 11.3 Å². The molecule has 1 aromatic rings. The zero-order valence-corrected chi connectivity index (χ0v) is 15.3. The average molecular weight is 352 g/mol. The third kappa shape index (κ3) is 4.12. The summed E-state index contributed by atoms with van der Waals surface area (Å²) in [7, 11) is 0. The zero-order chi connectivity index (χ0) is 18.0. The van der Waals surface area contributed by atoms with Crippen LogP contribution < -0.4 is 5.32 Å². The molecule has 1 aliphatic carbocycles. The molecule has 128 valence electrons. The van der Waals surface area contributed by atoms with E-state index in [9.17, 15) is 9.59 Å². The molecule has 1 atom stereocenters. The number of thiophene rings is 1. The van der Waals surface area contributed by atoms with Gasteiger partial charge in [0.15, 0.2) is 0 Å². The average Bonchev–Trinajstić information content (AvgIpc) is 3.04. The van der Waals surface area contributed by atoms with E-state index in [1.54, 1.807) is 29.6 Å². The molecule has 4 nitrogen and oxygen atoms in total. The SMILES string of the molecule is CC(C)(C)C1=CC(=O)NC2=CC(=NC(=O)/C=C\c3cccs3)C=CC21. The van der Waals surface area contributed by atoms with Gasteiger partial charge in [-0.05, 0) is 40.7 Å². The van der Waals surface area contributed by atoms with Gasteiger partial charge in [0.1, 0.15) is 0 Å². The largest absolute Gasteiger partial charge is 0.325 e. The van der Waals surface area contributed by atoms with Gasteiger partial charge in [-0.3, -0.25) is 9.59 Å². The normalized spacial score (nSPS) is 21.8. The number of carbonyl (C=O) groups is 2. The molecule has 2 aliphatic rings. The maximum Gasteiger partial charge on any atom is 0.270 e. The summed E-state index contributed by atoms with van der Waals surface area (Å²) in [5, 5.41) is 4.82. The minimum absolute atomic E-state index is 0.0217. The molecule has 25 heavy (non-hydrogen) atoms. The van der Waals surface area contributed by atoms with Gasteiger partial charge < -0.3 is 5.32 Å². The monoisotopic (exact) mass is 352 g/mol. The zero-order valence-electron chi connectivity index (χ0n) is 14.4. The number of rotatable bonds is 2. The number of amides is 2. The fraction of sp³-hybridized carbons (Fsp3) is 0.250. The molecule has 0 fully saturated rings. The smallest absolute Gasteiger partial charge is 0.270 e. The molecule has 3 rings (SSSR count). The molecule has 1 aliphatic heterocycles. The van der Waals surface area contributed by atoms with Crippen molar-refractivity contribution >= 4 is 34.9 Å². The summed E-state index contributed by atoms with van der Waals surface area (Å²) >= 11 is 1.56. The lowest BCUT2D eigenvalue weighted by Crippen LogP contribution is -2.36. The summed E-state index contributed by atoms with van der Waals surface area (Å²) in [6, 6.07) is 3.87. The third-order valence-electron chi connectivity index (χ3n) is 4.03. The number of fused-ring (bicyclic) bond motifs is 1. The van der Waals surface area contributed by atoms with Crippen molar-refractivity contribution in [2.24, 2.45) is 16.3 Å². The Bertz CT molecular complexity index is 847. The van der Waals surface area contributed by atoms with Gasteiger partial charge >= 0.3 is 0 Å². The molecule has 0 spiro atoms. The van der Waals surface area contributed by atoms with Crippen LogP contribution in [0.25, 0.3) is 6.08 Å². The summed E-state index contributed by atoms with van der Waals surface area (Å²) in [4.78, 5) is 29.1. The topological polar surface area (TPSA) is 58.5 Å². The maximum atomic E-state index is 12.0. The van der Waals surface area contributed by atoms with Gasteiger partial charge in [-0.2, -0.15) is 0 Å². The van der Waals surface area contributed by atoms with Crippen LogP contribution in [-0.4, -0.2) is 17.5 Å². The van der Waals surface area contributed by atoms with E-state index in [0.717, 1.165) is 16.1 Å². The summed E-state index contributed by atoms with van der Waals surface area (Å²) < 4.78 is 0. The Morgan fingerprint density at radius 1 is 1.32 bits per heavy atom. The quantitative estimate of drug-likeness (QED) is 0.821. The second kappa shape index (κ2) is 6.76. The first-order valence-corrected chi connectivity index (χ1v) is 8.98. The molecule has 1 aromatic heterocycles. The predicted octanol–water partition coefficient (Wildman–Crippen LogP) is 3.90. The Morgan fingerprint density at radius 3 is 2.80 bits per heavy atom. The van der Waals surface area contributed by atoms with Crippen LogP contribution in [0.1, 0.15) is 25.6 Å². The van der Waals surface area contributed by atoms with Crippen LogP contribution in [0.2, 0.25) is 0 Å². The van der Waals surface area contributed by atoms with E-state index in [-0.39, 0.29) is 23.1 Å². The molecule has 0 bridgehead atoms. The highest BCUT2D eigenvalue weighted by atomic mass is 32.1. The van der Waals surface area contributed by atoms with Crippen LogP contribution in [0.3, 0.4) is 0 Å². The number of allylic oxidation sites excluding steroid dienone is 3. The Labute approximate surface area is 151 Å². The molecule has 0 radical (unpaired) electrons. The van der Waals surface area contributed by atoms with Crippen LogP contribution in [-0.2, 0) is 9.59 Å². The number of hydrogen-bond acceptors (Lipinski definition) is 3. The standard InChI is InChI=1S/C20H20N2O2S/c1-20(2,3)16-12-19(24)22-17-11-13(6-8-15(16)17)21-18(23)9-7-14-5-4-10-25-14/h4-12,15H,1-3H3,(H,22,24)/b9-7-,21-13?. The molecular formula is C20H20N2O2S. The lowest BCUT2D eigenvalue weighted by Gasteiger charge is -2.34. The van der Waals surface area contributed by atoms with Crippen molar-refractivity contribution in [1.82, 2.24) is 5.32 Å². The molecule has 0 saturated heterocycles. The van der Waals surface area contributed by atoms with E-state index in [1.807, 2.05) is 29.7 Å². The summed E-state index contributed by atoms with van der Waals surface area (Å²) in [6.45, 7) is 6.27. The lowest BCUT2D eigenvalue weighted by atomic mass is 9.74. The predicted molar refractivity (Wildman–Crippen MR) is 102 cm³/mol. The second-order valence-corrected chi connectivity index (χ2v) is 7.98. The van der Waals surface area contributed by atoms with Crippen molar-refractivity contribution in [3.8, 4) is 0 Å². The van der Waals surface area contributed by atoms with E-state index in [2.05, 4.69) is 31.1 Å². The molecular weight excluding hydrogens is 332 g/mol. The van der Waals surface area contributed by atoms with E-state index in [1.165, 1.54) is 6.08 Å². The first-order chi connectivity index (χ1) is 11.8. The Morgan fingerprint density at radius 2 is 2.12 bits per heavy atom. The molecule has 5 heteroatoms. The number of aliphatic imine (C=N–C) groups is 1. The van der Waals surface area contributed by atoms with E-state index in [0.29, 0.717) is 5.71 Å². The van der Waals surface area contributed by atoms with Crippen molar-refractivity contribution in [2.75, 3.05) is 0 Å². The van der Waals surface area contributed by atoms with Crippen LogP contribution in [0.4, 0.5) is 0 Å². The first kappa shape index (κ1) is 17.3. The third-order valence-corrected chi connectivity index (χ3v) is 4.86. The van der Waals surface area contributed by atoms with Gasteiger partial charge in [-0.1, -0.05) is 32.9 Å². The minimum atomic E-state index is -0.322. The van der Waals surface area contributed by atoms with Crippen molar-refractivity contribution < 1.29 is 9.59 Å². The van der Waals surface area contributed by atoms with Crippen molar-refractivity contribution in [2.45, 2.75) is 20.8 Å². The van der Waals surface area contributed by atoms with Crippen molar-refractivity contribution in [3.05, 3.63) is 64.0 Å². The van der Waals surface area contributed by atoms with E-state index < -0.39 is 0 Å². The highest BCUT2D eigenvalue weighted by molar-refractivity contribution is 7.10.